The van der Waals surface area contributed by atoms with Crippen LogP contribution in [0, 0.1) is 12.8 Å². The molecule has 0 bridgehead atoms. The molecule has 1 heterocycles. The number of tetrazole rings is 1. The number of carbonyl (C=O) groups excluding carboxylic acids is 1. The van der Waals surface area contributed by atoms with E-state index in [-0.39, 0.29) is 11.9 Å². The Bertz CT molecular complexity index is 959. The lowest BCUT2D eigenvalue weighted by atomic mass is 9.84. The van der Waals surface area contributed by atoms with E-state index in [1.165, 1.54) is 37.7 Å². The van der Waals surface area contributed by atoms with Crippen LogP contribution in [-0.2, 0) is 0 Å². The van der Waals surface area contributed by atoms with Crippen LogP contribution in [0.15, 0.2) is 48.8 Å². The van der Waals surface area contributed by atoms with Crippen molar-refractivity contribution in [3.63, 3.8) is 0 Å². The Balaban J connectivity index is 1.64. The second kappa shape index (κ2) is 8.55. The molecule has 1 aromatic heterocycles. The summed E-state index contributed by atoms with van der Waals surface area (Å²) in [5.74, 6) is 0.512. The molecule has 4 rings (SSSR count). The molecule has 0 spiro atoms. The number of benzene rings is 2. The Morgan fingerprint density at radius 3 is 2.52 bits per heavy atom. The summed E-state index contributed by atoms with van der Waals surface area (Å²) in [6.07, 6.45) is 7.77. The number of nitrogens with zero attached hydrogens (tertiary/aromatic N) is 4. The van der Waals surface area contributed by atoms with Crippen molar-refractivity contribution in [1.29, 1.82) is 0 Å². The van der Waals surface area contributed by atoms with Gasteiger partial charge in [-0.25, -0.2) is 4.68 Å². The Labute approximate surface area is 171 Å². The maximum absolute atomic E-state index is 13.1. The molecule has 6 heteroatoms. The van der Waals surface area contributed by atoms with E-state index in [0.717, 1.165) is 16.8 Å². The van der Waals surface area contributed by atoms with Crippen molar-refractivity contribution in [2.45, 2.75) is 52.0 Å². The van der Waals surface area contributed by atoms with Gasteiger partial charge in [-0.1, -0.05) is 49.1 Å². The summed E-state index contributed by atoms with van der Waals surface area (Å²) in [5, 5.41) is 14.7. The summed E-state index contributed by atoms with van der Waals surface area (Å²) >= 11 is 0. The van der Waals surface area contributed by atoms with E-state index in [1.807, 2.05) is 18.2 Å². The lowest BCUT2D eigenvalue weighted by molar-refractivity contribution is 0.0919. The molecule has 1 unspecified atom stereocenters. The first-order valence-electron chi connectivity index (χ1n) is 10.4. The summed E-state index contributed by atoms with van der Waals surface area (Å²) in [5.41, 5.74) is 4.61. The van der Waals surface area contributed by atoms with Gasteiger partial charge in [0.2, 0.25) is 0 Å². The molecule has 2 aromatic carbocycles. The molecule has 1 aliphatic carbocycles. The van der Waals surface area contributed by atoms with Crippen molar-refractivity contribution in [3.8, 4) is 16.8 Å². The number of hydrogen-bond donors (Lipinski definition) is 1. The van der Waals surface area contributed by atoms with Crippen LogP contribution < -0.4 is 5.32 Å². The van der Waals surface area contributed by atoms with E-state index in [2.05, 4.69) is 59.0 Å². The number of carbonyl (C=O) groups is 1. The zero-order valence-electron chi connectivity index (χ0n) is 17.0. The first kappa shape index (κ1) is 19.3. The molecule has 1 saturated carbocycles. The predicted molar refractivity (Wildman–Crippen MR) is 113 cm³/mol. The second-order valence-electron chi connectivity index (χ2n) is 8.05. The summed E-state index contributed by atoms with van der Waals surface area (Å²) in [6.45, 7) is 4.19. The minimum absolute atomic E-state index is 0.0497. The Hall–Kier alpha value is -3.02. The van der Waals surface area contributed by atoms with E-state index in [4.69, 9.17) is 0 Å². The molecule has 150 valence electrons. The van der Waals surface area contributed by atoms with Crippen LogP contribution in [0.25, 0.3) is 16.8 Å². The van der Waals surface area contributed by atoms with Gasteiger partial charge in [-0.15, -0.1) is 5.10 Å². The minimum Gasteiger partial charge on any atom is -0.349 e. The normalized spacial score (nSPS) is 15.8. The van der Waals surface area contributed by atoms with E-state index in [1.54, 1.807) is 11.0 Å². The number of nitrogens with one attached hydrogen (secondary N) is 1. The fourth-order valence-electron chi connectivity index (χ4n) is 4.11. The zero-order chi connectivity index (χ0) is 20.2. The largest absolute Gasteiger partial charge is 0.349 e. The molecule has 3 aromatic rings. The van der Waals surface area contributed by atoms with Crippen molar-refractivity contribution in [2.75, 3.05) is 0 Å². The van der Waals surface area contributed by atoms with Gasteiger partial charge < -0.3 is 5.32 Å². The molecule has 1 atom stereocenters. The van der Waals surface area contributed by atoms with E-state index >= 15 is 0 Å². The molecule has 1 N–H and O–H groups in total. The van der Waals surface area contributed by atoms with E-state index in [9.17, 15) is 4.79 Å². The number of amides is 1. The summed E-state index contributed by atoms with van der Waals surface area (Å²) in [4.78, 5) is 13.1. The van der Waals surface area contributed by atoms with Crippen LogP contribution >= 0.6 is 0 Å². The molecule has 1 amide bonds. The number of aromatic nitrogens is 4. The SMILES string of the molecule is Cc1ccc(-c2cc(C(=O)NC(C)C3CCCCC3)cc(-n3cnnn3)c2)cc1. The van der Waals surface area contributed by atoms with Crippen LogP contribution in [0.1, 0.15) is 54.9 Å². The maximum atomic E-state index is 13.1. The molecular formula is C23H27N5O. The van der Waals surface area contributed by atoms with Crippen molar-refractivity contribution >= 4 is 5.91 Å². The van der Waals surface area contributed by atoms with E-state index < -0.39 is 0 Å². The average Bonchev–Trinajstić information content (AvgIpc) is 3.29. The number of hydrogen-bond acceptors (Lipinski definition) is 4. The van der Waals surface area contributed by atoms with Crippen molar-refractivity contribution in [2.24, 2.45) is 5.92 Å². The van der Waals surface area contributed by atoms with Gasteiger partial charge in [0.1, 0.15) is 6.33 Å². The van der Waals surface area contributed by atoms with Gasteiger partial charge >= 0.3 is 0 Å². The third-order valence-corrected chi connectivity index (χ3v) is 5.89. The molecular weight excluding hydrogens is 362 g/mol. The molecule has 6 nitrogen and oxygen atoms in total. The lowest BCUT2D eigenvalue weighted by Crippen LogP contribution is -2.38. The highest BCUT2D eigenvalue weighted by Crippen LogP contribution is 2.27. The minimum atomic E-state index is -0.0497. The number of aryl methyl sites for hydroxylation is 1. The summed E-state index contributed by atoms with van der Waals surface area (Å²) in [7, 11) is 0. The second-order valence-corrected chi connectivity index (χ2v) is 8.05. The van der Waals surface area contributed by atoms with Gasteiger partial charge in [0.25, 0.3) is 5.91 Å². The molecule has 0 aliphatic heterocycles. The predicted octanol–water partition coefficient (Wildman–Crippen LogP) is 4.34. The third-order valence-electron chi connectivity index (χ3n) is 5.89. The van der Waals surface area contributed by atoms with Gasteiger partial charge in [-0.2, -0.15) is 0 Å². The average molecular weight is 390 g/mol. The van der Waals surface area contributed by atoms with Crippen molar-refractivity contribution < 1.29 is 4.79 Å². The lowest BCUT2D eigenvalue weighted by Gasteiger charge is -2.28. The van der Waals surface area contributed by atoms with Gasteiger partial charge in [-0.3, -0.25) is 4.79 Å². The molecule has 0 radical (unpaired) electrons. The number of rotatable bonds is 5. The Kier molecular flexibility index (Phi) is 5.69. The monoisotopic (exact) mass is 389 g/mol. The molecule has 1 aliphatic rings. The van der Waals surface area contributed by atoms with E-state index in [0.29, 0.717) is 11.5 Å². The van der Waals surface area contributed by atoms with Crippen LogP contribution in [0.4, 0.5) is 0 Å². The topological polar surface area (TPSA) is 72.7 Å². The maximum Gasteiger partial charge on any atom is 0.251 e. The molecule has 1 fully saturated rings. The quantitative estimate of drug-likeness (QED) is 0.705. The first-order chi connectivity index (χ1) is 14.1. The van der Waals surface area contributed by atoms with Crippen LogP contribution in [0.5, 0.6) is 0 Å². The molecule has 0 saturated heterocycles. The summed E-state index contributed by atoms with van der Waals surface area (Å²) < 4.78 is 1.58. The smallest absolute Gasteiger partial charge is 0.251 e. The first-order valence-corrected chi connectivity index (χ1v) is 10.4. The van der Waals surface area contributed by atoms with Crippen molar-refractivity contribution in [3.05, 3.63) is 59.9 Å². The highest BCUT2D eigenvalue weighted by Gasteiger charge is 2.22. The standard InChI is InChI=1S/C23H27N5O/c1-16-8-10-19(11-9-16)20-12-21(14-22(13-20)28-15-24-26-27-28)23(29)25-17(2)18-6-4-3-5-7-18/h8-15,17-18H,3-7H2,1-2H3,(H,25,29). The highest BCUT2D eigenvalue weighted by molar-refractivity contribution is 5.96. The fraction of sp³-hybridized carbons (Fsp3) is 0.391. The van der Waals surface area contributed by atoms with Gasteiger partial charge in [0, 0.05) is 11.6 Å². The zero-order valence-corrected chi connectivity index (χ0v) is 17.0. The van der Waals surface area contributed by atoms with Gasteiger partial charge in [-0.05, 0) is 72.4 Å². The van der Waals surface area contributed by atoms with Gasteiger partial charge in [0.15, 0.2) is 0 Å². The fourth-order valence-corrected chi connectivity index (χ4v) is 4.11. The van der Waals surface area contributed by atoms with Crippen LogP contribution in [-0.4, -0.2) is 32.2 Å². The highest BCUT2D eigenvalue weighted by atomic mass is 16.1. The summed E-state index contributed by atoms with van der Waals surface area (Å²) in [6, 6.07) is 14.2. The van der Waals surface area contributed by atoms with Crippen LogP contribution in [0.3, 0.4) is 0 Å². The Morgan fingerprint density at radius 2 is 1.83 bits per heavy atom. The van der Waals surface area contributed by atoms with Gasteiger partial charge in [0.05, 0.1) is 5.69 Å². The van der Waals surface area contributed by atoms with Crippen molar-refractivity contribution in [1.82, 2.24) is 25.5 Å². The Morgan fingerprint density at radius 1 is 1.07 bits per heavy atom. The van der Waals surface area contributed by atoms with Crippen LogP contribution in [0.2, 0.25) is 0 Å². The molecule has 29 heavy (non-hydrogen) atoms. The third kappa shape index (κ3) is 4.53.